The summed E-state index contributed by atoms with van der Waals surface area (Å²) in [6.45, 7) is 7.02. The van der Waals surface area contributed by atoms with E-state index in [1.54, 1.807) is 19.2 Å². The molecule has 208 valence electrons. The van der Waals surface area contributed by atoms with Crippen molar-refractivity contribution in [1.82, 2.24) is 15.1 Å². The second kappa shape index (κ2) is 11.6. The number of methoxy groups -OCH3 is 1. The fourth-order valence-corrected chi connectivity index (χ4v) is 5.33. The van der Waals surface area contributed by atoms with E-state index in [0.29, 0.717) is 52.2 Å². The van der Waals surface area contributed by atoms with Gasteiger partial charge in [-0.3, -0.25) is 9.89 Å². The summed E-state index contributed by atoms with van der Waals surface area (Å²) in [6, 6.07) is 16.7. The number of amides is 1. The van der Waals surface area contributed by atoms with Crippen molar-refractivity contribution in [3.8, 4) is 28.5 Å². The number of phenolic OH excluding ortho intramolecular Hbond substituents is 1. The summed E-state index contributed by atoms with van der Waals surface area (Å²) in [5, 5.41) is 18.8. The van der Waals surface area contributed by atoms with Gasteiger partial charge in [0.1, 0.15) is 17.1 Å². The fraction of sp³-hybridized carbons (Fsp3) is 0.312. The minimum Gasteiger partial charge on any atom is -0.507 e. The number of aromatic hydroxyl groups is 1. The third-order valence-corrected chi connectivity index (χ3v) is 7.79. The normalized spacial score (nSPS) is 14.5. The van der Waals surface area contributed by atoms with Crippen LogP contribution in [0.5, 0.6) is 17.2 Å². The highest BCUT2D eigenvalue weighted by Gasteiger charge is 2.43. The molecule has 3 aromatic carbocycles. The average Bonchev–Trinajstić information content (AvgIpc) is 3.49. The van der Waals surface area contributed by atoms with Gasteiger partial charge in [0.2, 0.25) is 0 Å². The number of benzene rings is 3. The highest BCUT2D eigenvalue weighted by molar-refractivity contribution is 6.31. The van der Waals surface area contributed by atoms with Gasteiger partial charge >= 0.3 is 0 Å². The van der Waals surface area contributed by atoms with Crippen LogP contribution in [0, 0.1) is 13.8 Å². The van der Waals surface area contributed by atoms with Crippen molar-refractivity contribution in [3.05, 3.63) is 93.1 Å². The molecule has 5 rings (SSSR count). The number of carbonyl (C=O) groups is 1. The van der Waals surface area contributed by atoms with Crippen LogP contribution >= 0.6 is 11.6 Å². The summed E-state index contributed by atoms with van der Waals surface area (Å²) in [5.74, 6) is 1.13. The Labute approximate surface area is 239 Å². The molecular weight excluding hydrogens is 526 g/mol. The van der Waals surface area contributed by atoms with E-state index in [4.69, 9.17) is 21.1 Å². The van der Waals surface area contributed by atoms with Crippen molar-refractivity contribution in [2.24, 2.45) is 0 Å². The molecule has 0 radical (unpaired) electrons. The van der Waals surface area contributed by atoms with Gasteiger partial charge in [0.25, 0.3) is 5.91 Å². The van der Waals surface area contributed by atoms with Gasteiger partial charge in [-0.05, 0) is 61.2 Å². The van der Waals surface area contributed by atoms with Gasteiger partial charge in [-0.1, -0.05) is 67.3 Å². The van der Waals surface area contributed by atoms with Gasteiger partial charge in [-0.15, -0.1) is 0 Å². The van der Waals surface area contributed by atoms with Crippen LogP contribution in [0.25, 0.3) is 11.3 Å². The number of rotatable bonds is 10. The molecule has 1 aliphatic heterocycles. The zero-order valence-corrected chi connectivity index (χ0v) is 24.0. The van der Waals surface area contributed by atoms with E-state index in [1.807, 2.05) is 61.2 Å². The lowest BCUT2D eigenvalue weighted by Crippen LogP contribution is -2.29. The zero-order valence-electron chi connectivity index (χ0n) is 23.3. The third-order valence-electron chi connectivity index (χ3n) is 7.38. The van der Waals surface area contributed by atoms with Gasteiger partial charge < -0.3 is 19.5 Å². The summed E-state index contributed by atoms with van der Waals surface area (Å²) >= 11 is 6.45. The van der Waals surface area contributed by atoms with Crippen molar-refractivity contribution in [2.45, 2.75) is 52.6 Å². The number of nitrogens with zero attached hydrogens (tertiary/aromatic N) is 2. The molecule has 4 aromatic rings. The van der Waals surface area contributed by atoms with Crippen LogP contribution in [0.1, 0.15) is 70.5 Å². The molecule has 0 saturated heterocycles. The first-order valence-electron chi connectivity index (χ1n) is 13.6. The number of aromatic amines is 1. The number of nitrogens with one attached hydrogen (secondary N) is 1. The lowest BCUT2D eigenvalue weighted by molar-refractivity contribution is 0.0730. The number of unbranched alkanes of at least 4 members (excludes halogenated alkanes) is 2. The van der Waals surface area contributed by atoms with E-state index in [2.05, 4.69) is 17.1 Å². The Morgan fingerprint density at radius 2 is 1.82 bits per heavy atom. The maximum Gasteiger partial charge on any atom is 0.273 e. The molecule has 0 spiro atoms. The Morgan fingerprint density at radius 1 is 1.05 bits per heavy atom. The van der Waals surface area contributed by atoms with E-state index in [1.165, 1.54) is 0 Å². The summed E-state index contributed by atoms with van der Waals surface area (Å²) in [7, 11) is 1.61. The van der Waals surface area contributed by atoms with E-state index < -0.39 is 6.04 Å². The predicted molar refractivity (Wildman–Crippen MR) is 156 cm³/mol. The molecule has 2 heterocycles. The molecule has 1 amide bonds. The molecule has 0 saturated carbocycles. The lowest BCUT2D eigenvalue weighted by atomic mass is 9.94. The number of hydrogen-bond donors (Lipinski definition) is 2. The van der Waals surface area contributed by atoms with Crippen LogP contribution in [-0.4, -0.2) is 39.8 Å². The van der Waals surface area contributed by atoms with Crippen LogP contribution in [-0.2, 0) is 6.54 Å². The van der Waals surface area contributed by atoms with Crippen molar-refractivity contribution in [2.75, 3.05) is 13.7 Å². The molecule has 0 fully saturated rings. The van der Waals surface area contributed by atoms with E-state index in [9.17, 15) is 9.90 Å². The number of fused-ring (bicyclic) bond motifs is 1. The van der Waals surface area contributed by atoms with E-state index in [-0.39, 0.29) is 11.7 Å². The zero-order chi connectivity index (χ0) is 28.4. The molecule has 0 bridgehead atoms. The number of phenols is 1. The van der Waals surface area contributed by atoms with Gasteiger partial charge in [0.05, 0.1) is 19.8 Å². The largest absolute Gasteiger partial charge is 0.507 e. The van der Waals surface area contributed by atoms with Gasteiger partial charge in [-0.2, -0.15) is 5.10 Å². The summed E-state index contributed by atoms with van der Waals surface area (Å²) in [6.07, 6.45) is 3.18. The third kappa shape index (κ3) is 5.26. The first-order valence-corrected chi connectivity index (χ1v) is 13.9. The highest BCUT2D eigenvalue weighted by Crippen LogP contribution is 2.47. The van der Waals surface area contributed by atoms with Gasteiger partial charge in [0, 0.05) is 22.7 Å². The number of hydrogen-bond acceptors (Lipinski definition) is 5. The minimum absolute atomic E-state index is 0.0489. The number of aromatic nitrogens is 2. The standard InChI is InChI=1S/C32H34ClN3O4/c1-5-6-7-14-40-26-13-12-22(16-27(26)39-4)31-28-29(23-17-24(33)20(3)15-25(23)37)34-35-30(28)32(38)36(31)18-21-10-8-19(2)9-11-21/h8-13,15-17,31,37H,5-7,14,18H2,1-4H3,(H,34,35). The van der Waals surface area contributed by atoms with Crippen LogP contribution in [0.15, 0.2) is 54.6 Å². The SMILES string of the molecule is CCCCCOc1ccc(C2c3c(-c4cc(Cl)c(C)cc4O)n[nH]c3C(=O)N2Cc2ccc(C)cc2)cc1OC. The van der Waals surface area contributed by atoms with Gasteiger partial charge in [-0.25, -0.2) is 0 Å². The molecule has 7 nitrogen and oxygen atoms in total. The fourth-order valence-electron chi connectivity index (χ4n) is 5.17. The molecule has 8 heteroatoms. The average molecular weight is 560 g/mol. The van der Waals surface area contributed by atoms with E-state index in [0.717, 1.165) is 41.5 Å². The molecule has 1 unspecified atom stereocenters. The first-order chi connectivity index (χ1) is 19.3. The maximum absolute atomic E-state index is 13.8. The Balaban J connectivity index is 1.61. The summed E-state index contributed by atoms with van der Waals surface area (Å²) < 4.78 is 11.7. The van der Waals surface area contributed by atoms with Crippen LogP contribution in [0.3, 0.4) is 0 Å². The number of ether oxygens (including phenoxy) is 2. The molecule has 1 aromatic heterocycles. The number of H-pyrrole nitrogens is 1. The lowest BCUT2D eigenvalue weighted by Gasteiger charge is -2.27. The maximum atomic E-state index is 13.8. The molecular formula is C32H34ClN3O4. The first kappa shape index (κ1) is 27.6. The predicted octanol–water partition coefficient (Wildman–Crippen LogP) is 7.38. The van der Waals surface area contributed by atoms with Crippen molar-refractivity contribution in [3.63, 3.8) is 0 Å². The monoisotopic (exact) mass is 559 g/mol. The Bertz CT molecular complexity index is 1530. The summed E-state index contributed by atoms with van der Waals surface area (Å²) in [5.41, 5.74) is 5.78. The second-order valence-corrected chi connectivity index (χ2v) is 10.7. The van der Waals surface area contributed by atoms with Crippen LogP contribution in [0.2, 0.25) is 5.02 Å². The Kier molecular flexibility index (Phi) is 8.03. The molecule has 0 aliphatic carbocycles. The molecule has 2 N–H and O–H groups in total. The van der Waals surface area contributed by atoms with Crippen molar-refractivity contribution >= 4 is 17.5 Å². The number of aryl methyl sites for hydroxylation is 2. The number of halogens is 1. The second-order valence-electron chi connectivity index (χ2n) is 10.3. The number of carbonyl (C=O) groups excluding carboxylic acids is 1. The molecule has 1 aliphatic rings. The minimum atomic E-state index is -0.486. The van der Waals surface area contributed by atoms with Crippen LogP contribution < -0.4 is 9.47 Å². The highest BCUT2D eigenvalue weighted by atomic mass is 35.5. The Hall–Kier alpha value is -3.97. The summed E-state index contributed by atoms with van der Waals surface area (Å²) in [4.78, 5) is 15.7. The van der Waals surface area contributed by atoms with Crippen LogP contribution in [0.4, 0.5) is 0 Å². The molecule has 40 heavy (non-hydrogen) atoms. The van der Waals surface area contributed by atoms with E-state index >= 15 is 0 Å². The molecule has 1 atom stereocenters. The Morgan fingerprint density at radius 3 is 2.55 bits per heavy atom. The topological polar surface area (TPSA) is 87.7 Å². The van der Waals surface area contributed by atoms with Crippen molar-refractivity contribution < 1.29 is 19.4 Å². The quantitative estimate of drug-likeness (QED) is 0.198. The van der Waals surface area contributed by atoms with Gasteiger partial charge in [0.15, 0.2) is 11.5 Å². The van der Waals surface area contributed by atoms with Crippen molar-refractivity contribution in [1.29, 1.82) is 0 Å². The smallest absolute Gasteiger partial charge is 0.273 e.